The Morgan fingerprint density at radius 1 is 1.14 bits per heavy atom. The summed E-state index contributed by atoms with van der Waals surface area (Å²) in [4.78, 5) is 11.9. The number of benzene rings is 1. The number of nitrogens with zero attached hydrogens (tertiary/aromatic N) is 3. The minimum absolute atomic E-state index is 0.151. The van der Waals surface area contributed by atoms with Crippen LogP contribution in [0.4, 0.5) is 0 Å². The van der Waals surface area contributed by atoms with Crippen molar-refractivity contribution in [1.82, 2.24) is 20.1 Å². The molecule has 28 heavy (non-hydrogen) atoms. The van der Waals surface area contributed by atoms with E-state index in [0.717, 1.165) is 61.9 Å². The molecule has 1 N–H and O–H groups in total. The Kier molecular flexibility index (Phi) is 10.1. The van der Waals surface area contributed by atoms with Crippen LogP contribution in [0.1, 0.15) is 57.8 Å². The quantitative estimate of drug-likeness (QED) is 0.396. The van der Waals surface area contributed by atoms with Crippen LogP contribution in [0.2, 0.25) is 0 Å². The molecule has 0 radical (unpaired) electrons. The first-order chi connectivity index (χ1) is 13.6. The minimum Gasteiger partial charge on any atom is -0.356 e. The van der Waals surface area contributed by atoms with Crippen molar-refractivity contribution in [3.05, 3.63) is 41.7 Å². The Bertz CT molecular complexity index is 700. The van der Waals surface area contributed by atoms with Crippen LogP contribution in [0.3, 0.4) is 0 Å². The van der Waals surface area contributed by atoms with Crippen molar-refractivity contribution in [2.45, 2.75) is 71.0 Å². The lowest BCUT2D eigenvalue weighted by atomic mass is 10.1. The fourth-order valence-corrected chi connectivity index (χ4v) is 3.73. The van der Waals surface area contributed by atoms with Crippen LogP contribution < -0.4 is 5.32 Å². The Morgan fingerprint density at radius 3 is 2.64 bits per heavy atom. The summed E-state index contributed by atoms with van der Waals surface area (Å²) >= 11 is 1.78. The lowest BCUT2D eigenvalue weighted by molar-refractivity contribution is -0.121. The lowest BCUT2D eigenvalue weighted by Gasteiger charge is -2.10. The molecule has 1 amide bonds. The van der Waals surface area contributed by atoms with Gasteiger partial charge in [0.1, 0.15) is 5.82 Å². The van der Waals surface area contributed by atoms with Gasteiger partial charge < -0.3 is 9.88 Å². The monoisotopic (exact) mass is 402 g/mol. The standard InChI is InChI=1S/C22H34N4OS/c1-4-16-28-22-25-24-20(12-8-9-13-21(27)23-17-18(2)3)26(22)15-14-19-10-6-5-7-11-19/h5-7,10-11,18H,4,8-9,12-17H2,1-3H3,(H,23,27). The number of hydrogen-bond donors (Lipinski definition) is 1. The Balaban J connectivity index is 1.87. The van der Waals surface area contributed by atoms with Gasteiger partial charge in [-0.05, 0) is 37.2 Å². The van der Waals surface area contributed by atoms with E-state index in [2.05, 4.69) is 65.1 Å². The van der Waals surface area contributed by atoms with E-state index in [4.69, 9.17) is 0 Å². The Hall–Kier alpha value is -1.82. The first-order valence-electron chi connectivity index (χ1n) is 10.5. The maximum Gasteiger partial charge on any atom is 0.220 e. The summed E-state index contributed by atoms with van der Waals surface area (Å²) in [5, 5.41) is 12.9. The number of aromatic nitrogens is 3. The molecule has 154 valence electrons. The third-order valence-corrected chi connectivity index (χ3v) is 5.63. The van der Waals surface area contributed by atoms with E-state index in [9.17, 15) is 4.79 Å². The number of rotatable bonds is 13. The van der Waals surface area contributed by atoms with E-state index >= 15 is 0 Å². The van der Waals surface area contributed by atoms with Gasteiger partial charge in [-0.15, -0.1) is 10.2 Å². The van der Waals surface area contributed by atoms with Gasteiger partial charge in [0.25, 0.3) is 0 Å². The molecule has 2 rings (SSSR count). The van der Waals surface area contributed by atoms with Gasteiger partial charge in [-0.3, -0.25) is 4.79 Å². The number of hydrogen-bond acceptors (Lipinski definition) is 4. The van der Waals surface area contributed by atoms with E-state index in [1.165, 1.54) is 5.56 Å². The fourth-order valence-electron chi connectivity index (χ4n) is 2.89. The van der Waals surface area contributed by atoms with Crippen LogP contribution in [0.5, 0.6) is 0 Å². The molecule has 6 heteroatoms. The third kappa shape index (κ3) is 8.05. The number of thioether (sulfide) groups is 1. The van der Waals surface area contributed by atoms with Crippen molar-refractivity contribution in [1.29, 1.82) is 0 Å². The highest BCUT2D eigenvalue weighted by Crippen LogP contribution is 2.20. The number of carbonyl (C=O) groups excluding carboxylic acids is 1. The topological polar surface area (TPSA) is 59.8 Å². The van der Waals surface area contributed by atoms with E-state index in [1.807, 2.05) is 6.07 Å². The smallest absolute Gasteiger partial charge is 0.220 e. The van der Waals surface area contributed by atoms with Crippen molar-refractivity contribution in [3.8, 4) is 0 Å². The summed E-state index contributed by atoms with van der Waals surface area (Å²) in [5.74, 6) is 2.74. The van der Waals surface area contributed by atoms with Crippen LogP contribution in [0.25, 0.3) is 0 Å². The van der Waals surface area contributed by atoms with Crippen LogP contribution in [-0.4, -0.2) is 33.0 Å². The van der Waals surface area contributed by atoms with E-state index < -0.39 is 0 Å². The molecule has 0 aliphatic carbocycles. The van der Waals surface area contributed by atoms with Gasteiger partial charge in [-0.25, -0.2) is 0 Å². The molecule has 1 aromatic heterocycles. The number of carbonyl (C=O) groups is 1. The van der Waals surface area contributed by atoms with Crippen molar-refractivity contribution >= 4 is 17.7 Å². The van der Waals surface area contributed by atoms with Crippen LogP contribution in [0, 0.1) is 5.92 Å². The normalized spacial score (nSPS) is 11.1. The highest BCUT2D eigenvalue weighted by Gasteiger charge is 2.13. The average Bonchev–Trinajstić information content (AvgIpc) is 3.08. The molecule has 0 saturated carbocycles. The van der Waals surface area contributed by atoms with E-state index in [-0.39, 0.29) is 5.91 Å². The number of aryl methyl sites for hydroxylation is 2. The highest BCUT2D eigenvalue weighted by atomic mass is 32.2. The minimum atomic E-state index is 0.151. The molecule has 0 bridgehead atoms. The number of nitrogens with one attached hydrogen (secondary N) is 1. The molecule has 0 aliphatic rings. The van der Waals surface area contributed by atoms with Crippen molar-refractivity contribution in [2.24, 2.45) is 5.92 Å². The summed E-state index contributed by atoms with van der Waals surface area (Å²) in [6.07, 6.45) is 5.39. The summed E-state index contributed by atoms with van der Waals surface area (Å²) in [6.45, 7) is 8.05. The zero-order valence-corrected chi connectivity index (χ0v) is 18.3. The second-order valence-electron chi connectivity index (χ2n) is 7.54. The zero-order valence-electron chi connectivity index (χ0n) is 17.5. The molecular formula is C22H34N4OS. The predicted molar refractivity (Wildman–Crippen MR) is 117 cm³/mol. The van der Waals surface area contributed by atoms with Gasteiger partial charge in [0.05, 0.1) is 0 Å². The molecule has 0 aliphatic heterocycles. The van der Waals surface area contributed by atoms with Gasteiger partial charge in [0.2, 0.25) is 5.91 Å². The molecule has 0 saturated heterocycles. The predicted octanol–water partition coefficient (Wildman–Crippen LogP) is 4.51. The maximum absolute atomic E-state index is 11.9. The van der Waals surface area contributed by atoms with Crippen LogP contribution >= 0.6 is 11.8 Å². The summed E-state index contributed by atoms with van der Waals surface area (Å²) in [5.41, 5.74) is 1.33. The van der Waals surface area contributed by atoms with E-state index in [1.54, 1.807) is 11.8 Å². The van der Waals surface area contributed by atoms with Crippen LogP contribution in [0.15, 0.2) is 35.5 Å². The summed E-state index contributed by atoms with van der Waals surface area (Å²) < 4.78 is 2.27. The first-order valence-corrected chi connectivity index (χ1v) is 11.4. The lowest BCUT2D eigenvalue weighted by Crippen LogP contribution is -2.26. The number of unbranched alkanes of at least 4 members (excludes halogenated alkanes) is 1. The SMILES string of the molecule is CCCSc1nnc(CCCCC(=O)NCC(C)C)n1CCc1ccccc1. The molecule has 1 heterocycles. The molecule has 2 aromatic rings. The summed E-state index contributed by atoms with van der Waals surface area (Å²) in [6, 6.07) is 10.5. The number of amides is 1. The van der Waals surface area contributed by atoms with Crippen molar-refractivity contribution < 1.29 is 4.79 Å². The zero-order chi connectivity index (χ0) is 20.2. The third-order valence-electron chi connectivity index (χ3n) is 4.46. The largest absolute Gasteiger partial charge is 0.356 e. The molecule has 1 aromatic carbocycles. The molecule has 0 spiro atoms. The van der Waals surface area contributed by atoms with Gasteiger partial charge in [-0.1, -0.05) is 62.9 Å². The van der Waals surface area contributed by atoms with Crippen LogP contribution in [-0.2, 0) is 24.2 Å². The molecule has 0 fully saturated rings. The van der Waals surface area contributed by atoms with Gasteiger partial charge >= 0.3 is 0 Å². The average molecular weight is 403 g/mol. The van der Waals surface area contributed by atoms with Gasteiger partial charge in [0, 0.05) is 31.7 Å². The van der Waals surface area contributed by atoms with Crippen molar-refractivity contribution in [3.63, 3.8) is 0 Å². The highest BCUT2D eigenvalue weighted by molar-refractivity contribution is 7.99. The fraction of sp³-hybridized carbons (Fsp3) is 0.591. The second-order valence-corrected chi connectivity index (χ2v) is 8.60. The first kappa shape index (κ1) is 22.5. The maximum atomic E-state index is 11.9. The molecule has 0 atom stereocenters. The van der Waals surface area contributed by atoms with Crippen molar-refractivity contribution in [2.75, 3.05) is 12.3 Å². The second kappa shape index (κ2) is 12.6. The Morgan fingerprint density at radius 2 is 1.93 bits per heavy atom. The van der Waals surface area contributed by atoms with Gasteiger partial charge in [0.15, 0.2) is 5.16 Å². The molecule has 0 unspecified atom stereocenters. The van der Waals surface area contributed by atoms with Gasteiger partial charge in [-0.2, -0.15) is 0 Å². The molecular weight excluding hydrogens is 368 g/mol. The Labute approximate surface area is 173 Å². The molecule has 5 nitrogen and oxygen atoms in total. The summed E-state index contributed by atoms with van der Waals surface area (Å²) in [7, 11) is 0. The van der Waals surface area contributed by atoms with E-state index in [0.29, 0.717) is 12.3 Å².